The number of carbonyl (C=O) groups excluding carboxylic acids is 1. The van der Waals surface area contributed by atoms with Gasteiger partial charge in [-0.15, -0.1) is 0 Å². The molecule has 0 spiro atoms. The molecule has 0 bridgehead atoms. The van der Waals surface area contributed by atoms with Crippen molar-refractivity contribution in [2.24, 2.45) is 7.05 Å². The van der Waals surface area contributed by atoms with Crippen LogP contribution in [-0.2, 0) is 7.05 Å². The smallest absolute Gasteiger partial charge is 0.189 e. The molecule has 0 amide bonds. The minimum absolute atomic E-state index is 0.101. The summed E-state index contributed by atoms with van der Waals surface area (Å²) >= 11 is 0. The van der Waals surface area contributed by atoms with Crippen LogP contribution in [0.25, 0.3) is 6.08 Å². The zero-order valence-corrected chi connectivity index (χ0v) is 11.7. The van der Waals surface area contributed by atoms with Gasteiger partial charge in [-0.2, -0.15) is 5.10 Å². The second-order valence-corrected chi connectivity index (χ2v) is 4.21. The van der Waals surface area contributed by atoms with Gasteiger partial charge in [0.05, 0.1) is 26.0 Å². The van der Waals surface area contributed by atoms with E-state index in [2.05, 4.69) is 5.10 Å². The summed E-state index contributed by atoms with van der Waals surface area (Å²) in [5.74, 6) is 1.26. The van der Waals surface area contributed by atoms with E-state index in [4.69, 9.17) is 9.47 Å². The molecular weight excluding hydrogens is 256 g/mol. The van der Waals surface area contributed by atoms with E-state index in [-0.39, 0.29) is 5.78 Å². The number of allylic oxidation sites excluding steroid dienone is 1. The molecule has 0 aliphatic rings. The Morgan fingerprint density at radius 2 is 2.10 bits per heavy atom. The van der Waals surface area contributed by atoms with Gasteiger partial charge < -0.3 is 9.47 Å². The molecular formula is C15H16N2O3. The van der Waals surface area contributed by atoms with Crippen LogP contribution >= 0.6 is 0 Å². The molecule has 0 unspecified atom stereocenters. The van der Waals surface area contributed by atoms with Crippen molar-refractivity contribution in [1.29, 1.82) is 0 Å². The summed E-state index contributed by atoms with van der Waals surface area (Å²) < 4.78 is 12.0. The number of aromatic nitrogens is 2. The number of hydrogen-bond donors (Lipinski definition) is 0. The highest BCUT2D eigenvalue weighted by molar-refractivity contribution is 6.06. The maximum absolute atomic E-state index is 11.9. The van der Waals surface area contributed by atoms with E-state index >= 15 is 0 Å². The summed E-state index contributed by atoms with van der Waals surface area (Å²) in [7, 11) is 4.94. The third kappa shape index (κ3) is 3.06. The minimum Gasteiger partial charge on any atom is -0.497 e. The van der Waals surface area contributed by atoms with Crippen molar-refractivity contribution in [2.75, 3.05) is 14.2 Å². The molecule has 5 nitrogen and oxygen atoms in total. The first-order chi connectivity index (χ1) is 9.63. The Hall–Kier alpha value is -2.56. The number of nitrogens with zero attached hydrogens (tertiary/aromatic N) is 2. The molecule has 0 atom stereocenters. The molecule has 2 aromatic rings. The normalized spacial score (nSPS) is 10.8. The third-order valence-corrected chi connectivity index (χ3v) is 2.84. The summed E-state index contributed by atoms with van der Waals surface area (Å²) in [5.41, 5.74) is 1.36. The second-order valence-electron chi connectivity index (χ2n) is 4.21. The molecule has 1 heterocycles. The van der Waals surface area contributed by atoms with Crippen LogP contribution < -0.4 is 9.47 Å². The van der Waals surface area contributed by atoms with Crippen LogP contribution in [-0.4, -0.2) is 29.8 Å². The van der Waals surface area contributed by atoms with Crippen LogP contribution in [0.2, 0.25) is 0 Å². The van der Waals surface area contributed by atoms with Crippen LogP contribution in [0.3, 0.4) is 0 Å². The van der Waals surface area contributed by atoms with Crippen molar-refractivity contribution in [3.05, 3.63) is 47.8 Å². The Labute approximate surface area is 117 Å². The molecule has 0 saturated carbocycles. The van der Waals surface area contributed by atoms with Crippen LogP contribution in [0.1, 0.15) is 15.9 Å². The van der Waals surface area contributed by atoms with E-state index < -0.39 is 0 Å². The van der Waals surface area contributed by atoms with E-state index in [0.29, 0.717) is 17.1 Å². The van der Waals surface area contributed by atoms with E-state index in [1.807, 2.05) is 12.1 Å². The number of rotatable bonds is 5. The van der Waals surface area contributed by atoms with Gasteiger partial charge in [0.2, 0.25) is 0 Å². The van der Waals surface area contributed by atoms with Crippen molar-refractivity contribution in [1.82, 2.24) is 9.78 Å². The molecule has 1 aromatic carbocycles. The Morgan fingerprint density at radius 1 is 1.30 bits per heavy atom. The van der Waals surface area contributed by atoms with Crippen molar-refractivity contribution >= 4 is 11.9 Å². The zero-order valence-electron chi connectivity index (χ0n) is 11.7. The van der Waals surface area contributed by atoms with Gasteiger partial charge in [0.1, 0.15) is 11.5 Å². The van der Waals surface area contributed by atoms with Crippen molar-refractivity contribution < 1.29 is 14.3 Å². The Kier molecular flexibility index (Phi) is 4.20. The highest BCUT2D eigenvalue weighted by atomic mass is 16.5. The first-order valence-electron chi connectivity index (χ1n) is 6.07. The molecule has 0 aliphatic carbocycles. The van der Waals surface area contributed by atoms with Crippen LogP contribution in [0.15, 0.2) is 36.7 Å². The molecule has 0 fully saturated rings. The highest BCUT2D eigenvalue weighted by Gasteiger charge is 2.06. The van der Waals surface area contributed by atoms with Gasteiger partial charge in [0.15, 0.2) is 5.78 Å². The average molecular weight is 272 g/mol. The van der Waals surface area contributed by atoms with Crippen LogP contribution in [0.5, 0.6) is 11.5 Å². The Morgan fingerprint density at radius 3 is 2.70 bits per heavy atom. The third-order valence-electron chi connectivity index (χ3n) is 2.84. The quantitative estimate of drug-likeness (QED) is 0.619. The number of methoxy groups -OCH3 is 2. The predicted octanol–water partition coefficient (Wildman–Crippen LogP) is 2.33. The zero-order chi connectivity index (χ0) is 14.5. The first kappa shape index (κ1) is 13.9. The van der Waals surface area contributed by atoms with Crippen molar-refractivity contribution in [2.45, 2.75) is 0 Å². The SMILES string of the molecule is COc1ccc(C=CC(=O)c2cnn(C)c2)c(OC)c1. The van der Waals surface area contributed by atoms with E-state index in [1.165, 1.54) is 12.3 Å². The first-order valence-corrected chi connectivity index (χ1v) is 6.07. The molecule has 0 aliphatic heterocycles. The minimum atomic E-state index is -0.101. The summed E-state index contributed by atoms with van der Waals surface area (Å²) in [6, 6.07) is 5.43. The molecule has 0 radical (unpaired) electrons. The van der Waals surface area contributed by atoms with E-state index in [9.17, 15) is 4.79 Å². The number of aryl methyl sites for hydroxylation is 1. The van der Waals surface area contributed by atoms with Gasteiger partial charge in [0.25, 0.3) is 0 Å². The fraction of sp³-hybridized carbons (Fsp3) is 0.200. The maximum Gasteiger partial charge on any atom is 0.189 e. The fourth-order valence-corrected chi connectivity index (χ4v) is 1.77. The van der Waals surface area contributed by atoms with Crippen LogP contribution in [0.4, 0.5) is 0 Å². The van der Waals surface area contributed by atoms with E-state index in [1.54, 1.807) is 44.3 Å². The molecule has 5 heteroatoms. The monoisotopic (exact) mass is 272 g/mol. The largest absolute Gasteiger partial charge is 0.497 e. The maximum atomic E-state index is 11.9. The lowest BCUT2D eigenvalue weighted by atomic mass is 10.1. The average Bonchev–Trinajstić information content (AvgIpc) is 2.91. The molecule has 1 aromatic heterocycles. The lowest BCUT2D eigenvalue weighted by Crippen LogP contribution is -1.93. The molecule has 0 N–H and O–H groups in total. The number of hydrogen-bond acceptors (Lipinski definition) is 4. The number of carbonyl (C=O) groups is 1. The van der Waals surface area contributed by atoms with Crippen molar-refractivity contribution in [3.63, 3.8) is 0 Å². The summed E-state index contributed by atoms with van der Waals surface area (Å²) in [5, 5.41) is 3.97. The highest BCUT2D eigenvalue weighted by Crippen LogP contribution is 2.25. The van der Waals surface area contributed by atoms with E-state index in [0.717, 1.165) is 5.56 Å². The lowest BCUT2D eigenvalue weighted by Gasteiger charge is -2.07. The second kappa shape index (κ2) is 6.06. The number of benzene rings is 1. The predicted molar refractivity (Wildman–Crippen MR) is 76.1 cm³/mol. The Balaban J connectivity index is 2.20. The summed E-state index contributed by atoms with van der Waals surface area (Å²) in [6.45, 7) is 0. The van der Waals surface area contributed by atoms with Crippen molar-refractivity contribution in [3.8, 4) is 11.5 Å². The van der Waals surface area contributed by atoms with Gasteiger partial charge in [-0.25, -0.2) is 0 Å². The lowest BCUT2D eigenvalue weighted by molar-refractivity contribution is 0.104. The Bertz CT molecular complexity index is 644. The summed E-state index contributed by atoms with van der Waals surface area (Å²) in [6.07, 6.45) is 6.44. The van der Waals surface area contributed by atoms with Gasteiger partial charge in [-0.05, 0) is 24.3 Å². The number of ether oxygens (including phenoxy) is 2. The molecule has 2 rings (SSSR count). The molecule has 20 heavy (non-hydrogen) atoms. The molecule has 0 saturated heterocycles. The number of ketones is 1. The topological polar surface area (TPSA) is 53.3 Å². The van der Waals surface area contributed by atoms with Gasteiger partial charge in [-0.1, -0.05) is 0 Å². The fourth-order valence-electron chi connectivity index (χ4n) is 1.77. The standard InChI is InChI=1S/C15H16N2O3/c1-17-10-12(9-16-17)14(18)7-5-11-4-6-13(19-2)8-15(11)20-3/h4-10H,1-3H3. The van der Waals surface area contributed by atoms with Crippen LogP contribution in [0, 0.1) is 0 Å². The molecule has 104 valence electrons. The van der Waals surface area contributed by atoms with Gasteiger partial charge in [-0.3, -0.25) is 9.48 Å². The summed E-state index contributed by atoms with van der Waals surface area (Å²) in [4.78, 5) is 11.9. The van der Waals surface area contributed by atoms with Gasteiger partial charge in [0, 0.05) is 24.9 Å². The van der Waals surface area contributed by atoms with Gasteiger partial charge >= 0.3 is 0 Å².